The second-order valence-electron chi connectivity index (χ2n) is 12.3. The Morgan fingerprint density at radius 1 is 1.08 bits per heavy atom. The van der Waals surface area contributed by atoms with Gasteiger partial charge in [-0.3, -0.25) is 4.99 Å². The van der Waals surface area contributed by atoms with Crippen LogP contribution < -0.4 is 4.72 Å². The number of piperidine rings is 1. The molecule has 0 amide bonds. The lowest BCUT2D eigenvalue weighted by atomic mass is 9.88. The number of fused-ring (bicyclic) bond motifs is 3. The number of amidine groups is 1. The van der Waals surface area contributed by atoms with Gasteiger partial charge in [0.1, 0.15) is 22.5 Å². The second-order valence-corrected chi connectivity index (χ2v) is 16.1. The Bertz CT molecular complexity index is 2010. The Hall–Kier alpha value is -3.19. The van der Waals surface area contributed by atoms with Gasteiger partial charge in [-0.2, -0.15) is 31.3 Å². The lowest BCUT2D eigenvalue weighted by Crippen LogP contribution is -2.56. The Morgan fingerprint density at radius 3 is 2.48 bits per heavy atom. The molecule has 4 aromatic rings. The third kappa shape index (κ3) is 5.48. The zero-order valence-corrected chi connectivity index (χ0v) is 28.2. The highest BCUT2D eigenvalue weighted by Crippen LogP contribution is 2.49. The van der Waals surface area contributed by atoms with E-state index in [4.69, 9.17) is 16.6 Å². The zero-order valence-electron chi connectivity index (χ0n) is 25.0. The molecule has 0 radical (unpaired) electrons. The number of nitrogens with zero attached hydrogens (tertiary/aromatic N) is 7. The fourth-order valence-corrected chi connectivity index (χ4v) is 11.0. The number of aliphatic hydroxyl groups is 1. The number of hydrogen-bond donors (Lipinski definition) is 2. The van der Waals surface area contributed by atoms with Gasteiger partial charge < -0.3 is 10.0 Å². The van der Waals surface area contributed by atoms with Crippen molar-refractivity contribution in [3.63, 3.8) is 0 Å². The highest BCUT2D eigenvalue weighted by molar-refractivity contribution is 7.87. The van der Waals surface area contributed by atoms with Crippen molar-refractivity contribution in [3.8, 4) is 0 Å². The summed E-state index contributed by atoms with van der Waals surface area (Å²) in [5.74, 6) is -0.0933. The van der Waals surface area contributed by atoms with Gasteiger partial charge in [0.05, 0.1) is 5.69 Å². The van der Waals surface area contributed by atoms with E-state index in [0.29, 0.717) is 50.2 Å². The van der Waals surface area contributed by atoms with Crippen molar-refractivity contribution in [2.45, 2.75) is 68.4 Å². The number of thiazole rings is 2. The number of rotatable bonds is 8. The van der Waals surface area contributed by atoms with Crippen LogP contribution in [-0.4, -0.2) is 73.0 Å². The molecular weight excluding hydrogens is 709 g/mol. The lowest BCUT2D eigenvalue weighted by molar-refractivity contribution is -0.0344. The number of halogens is 4. The summed E-state index contributed by atoms with van der Waals surface area (Å²) in [6.45, 7) is -2.70. The molecule has 3 fully saturated rings. The number of benzene rings is 1. The van der Waals surface area contributed by atoms with Crippen LogP contribution in [0.15, 0.2) is 64.3 Å². The maximum absolute atomic E-state index is 14.1. The van der Waals surface area contributed by atoms with Crippen molar-refractivity contribution in [3.05, 3.63) is 91.4 Å². The zero-order chi connectivity index (χ0) is 33.4. The van der Waals surface area contributed by atoms with Crippen molar-refractivity contribution in [2.24, 2.45) is 4.99 Å². The summed E-state index contributed by atoms with van der Waals surface area (Å²) in [7, 11) is -4.03. The van der Waals surface area contributed by atoms with Crippen molar-refractivity contribution < 1.29 is 26.7 Å². The minimum atomic E-state index is -4.03. The Morgan fingerprint density at radius 2 is 1.83 bits per heavy atom. The smallest absolute Gasteiger partial charge is 0.333 e. The van der Waals surface area contributed by atoms with Crippen LogP contribution in [0.2, 0.25) is 5.02 Å². The highest BCUT2D eigenvalue weighted by Gasteiger charge is 2.54. The predicted molar refractivity (Wildman–Crippen MR) is 174 cm³/mol. The summed E-state index contributed by atoms with van der Waals surface area (Å²) in [4.78, 5) is 15.6. The molecule has 2 bridgehead atoms. The molecule has 3 aromatic heterocycles. The van der Waals surface area contributed by atoms with Crippen LogP contribution in [-0.2, 0) is 15.8 Å². The fraction of sp³-hybridized carbons (Fsp3) is 0.400. The number of aliphatic imine (C=N–C) groups is 1. The summed E-state index contributed by atoms with van der Waals surface area (Å²) in [5, 5.41) is 20.4. The van der Waals surface area contributed by atoms with Crippen molar-refractivity contribution in [2.75, 3.05) is 6.54 Å². The van der Waals surface area contributed by atoms with E-state index >= 15 is 0 Å². The molecule has 3 saturated heterocycles. The van der Waals surface area contributed by atoms with Gasteiger partial charge in [0.25, 0.3) is 10.2 Å². The monoisotopic (exact) mass is 736 g/mol. The maximum Gasteiger partial charge on any atom is 0.333 e. The van der Waals surface area contributed by atoms with E-state index in [1.807, 2.05) is 4.90 Å². The molecule has 0 aliphatic carbocycles. The van der Waals surface area contributed by atoms with Gasteiger partial charge in [-0.1, -0.05) is 17.7 Å². The van der Waals surface area contributed by atoms with Crippen LogP contribution in [0.5, 0.6) is 0 Å². The third-order valence-electron chi connectivity index (χ3n) is 9.35. The van der Waals surface area contributed by atoms with Gasteiger partial charge in [0, 0.05) is 82.3 Å². The summed E-state index contributed by atoms with van der Waals surface area (Å²) >= 11 is 9.25. The average Bonchev–Trinajstić information content (AvgIpc) is 3.86. The second kappa shape index (κ2) is 12.0. The minimum Gasteiger partial charge on any atom is -0.383 e. The molecule has 18 heteroatoms. The molecule has 7 heterocycles. The predicted octanol–water partition coefficient (Wildman–Crippen LogP) is 5.32. The lowest BCUT2D eigenvalue weighted by Gasteiger charge is -2.42. The fourth-order valence-electron chi connectivity index (χ4n) is 7.51. The van der Waals surface area contributed by atoms with E-state index in [1.165, 1.54) is 45.2 Å². The molecule has 2 N–H and O–H groups in total. The first-order chi connectivity index (χ1) is 23.0. The van der Waals surface area contributed by atoms with Crippen LogP contribution in [0.25, 0.3) is 5.57 Å². The SMILES string of the molecule is O=S(=O)(N[C@H]1CC2=C(c3ccn(C(F)F)n3)[C@H](c3ccc(F)cc3Cl)N=C(c3nccs3)N2C1)N1C2CC[C@@H]1CC(O)(c1nccs1)C2. The minimum absolute atomic E-state index is 0.0932. The van der Waals surface area contributed by atoms with Gasteiger partial charge in [-0.05, 0) is 43.9 Å². The highest BCUT2D eigenvalue weighted by atomic mass is 35.5. The molecule has 0 saturated carbocycles. The number of nitrogens with one attached hydrogen (secondary N) is 1. The van der Waals surface area contributed by atoms with E-state index in [2.05, 4.69) is 19.8 Å². The molecule has 0 spiro atoms. The number of aromatic nitrogens is 4. The van der Waals surface area contributed by atoms with Gasteiger partial charge in [0.15, 0.2) is 10.8 Å². The van der Waals surface area contributed by atoms with Gasteiger partial charge >= 0.3 is 6.55 Å². The van der Waals surface area contributed by atoms with Gasteiger partial charge in [-0.15, -0.1) is 22.7 Å². The Balaban J connectivity index is 1.16. The van der Waals surface area contributed by atoms with E-state index in [9.17, 15) is 26.7 Å². The molecule has 4 aliphatic heterocycles. The molecule has 2 unspecified atom stereocenters. The first-order valence-corrected chi connectivity index (χ1v) is 18.8. The molecule has 1 aromatic carbocycles. The molecular formula is C30H28ClF3N8O3S3. The molecule has 4 aliphatic rings. The summed E-state index contributed by atoms with van der Waals surface area (Å²) in [6.07, 6.45) is 6.35. The topological polar surface area (TPSA) is 129 Å². The van der Waals surface area contributed by atoms with Crippen LogP contribution in [0, 0.1) is 5.82 Å². The van der Waals surface area contributed by atoms with Crippen molar-refractivity contribution in [1.82, 2.24) is 33.7 Å². The van der Waals surface area contributed by atoms with E-state index in [0.717, 1.165) is 12.3 Å². The number of alkyl halides is 2. The normalized spacial score (nSPS) is 27.6. The van der Waals surface area contributed by atoms with Gasteiger partial charge in [-0.25, -0.2) is 19.0 Å². The molecule has 11 nitrogen and oxygen atoms in total. The van der Waals surface area contributed by atoms with E-state index in [-0.39, 0.29) is 36.5 Å². The van der Waals surface area contributed by atoms with Crippen LogP contribution in [0.1, 0.15) is 66.0 Å². The first kappa shape index (κ1) is 32.0. The Labute approximate surface area is 286 Å². The quantitative estimate of drug-likeness (QED) is 0.251. The third-order valence-corrected chi connectivity index (χ3v) is 13.2. The molecule has 252 valence electrons. The van der Waals surface area contributed by atoms with Crippen molar-refractivity contribution in [1.29, 1.82) is 0 Å². The summed E-state index contributed by atoms with van der Waals surface area (Å²) in [6, 6.07) is 3.06. The summed E-state index contributed by atoms with van der Waals surface area (Å²) in [5.41, 5.74) is 0.533. The van der Waals surface area contributed by atoms with Crippen LogP contribution in [0.3, 0.4) is 0 Å². The van der Waals surface area contributed by atoms with Crippen LogP contribution >= 0.6 is 34.3 Å². The van der Waals surface area contributed by atoms with E-state index in [1.54, 1.807) is 23.2 Å². The standard InChI is InChI=1S/C30H28ClF3N8O3S3/c31-21-11-16(32)1-4-20(21)25-24(22-5-8-41(38-22)29(33)34)23-12-17(15-40(23)26(37-25)27-35-6-9-46-27)39-48(44,45)42-18-2-3-19(42)14-30(43,13-18)28-36-7-10-47-28/h1,4-11,17-19,25,29,39,43H,2-3,12-15H2/t17-,18+,19?,25-,30?/m0/s1. The van der Waals surface area contributed by atoms with Crippen molar-refractivity contribution >= 4 is 55.9 Å². The van der Waals surface area contributed by atoms with Crippen LogP contribution in [0.4, 0.5) is 13.2 Å². The Kier molecular flexibility index (Phi) is 8.01. The van der Waals surface area contributed by atoms with E-state index < -0.39 is 52.3 Å². The maximum atomic E-state index is 14.1. The molecule has 8 rings (SSSR count). The molecule has 5 atom stereocenters. The first-order valence-electron chi connectivity index (χ1n) is 15.2. The largest absolute Gasteiger partial charge is 0.383 e. The van der Waals surface area contributed by atoms with Gasteiger partial charge in [0.2, 0.25) is 0 Å². The average molecular weight is 737 g/mol. The summed E-state index contributed by atoms with van der Waals surface area (Å²) < 4.78 is 74.7. The molecule has 48 heavy (non-hydrogen) atoms. The number of hydrogen-bond acceptors (Lipinski definition) is 10.